The molecule has 10 heteroatoms. The molecule has 1 aromatic carbocycles. The Balaban J connectivity index is 1.55. The predicted molar refractivity (Wildman–Crippen MR) is 95.1 cm³/mol. The molecule has 0 amide bonds. The number of rotatable bonds is 5. The maximum Gasteiger partial charge on any atom is 0.260 e. The molecule has 1 N–H and O–H groups in total. The second kappa shape index (κ2) is 6.39. The fraction of sp³-hybridized carbons (Fsp3) is 0.471. The molecule has 2 aromatic heterocycles. The van der Waals surface area contributed by atoms with Crippen LogP contribution in [-0.4, -0.2) is 46.2 Å². The van der Waals surface area contributed by atoms with Crippen molar-refractivity contribution in [2.24, 2.45) is 0 Å². The number of aromatic nitrogens is 3. The van der Waals surface area contributed by atoms with Crippen LogP contribution in [0.5, 0.6) is 0 Å². The lowest BCUT2D eigenvalue weighted by molar-refractivity contribution is 0.0194. The largest absolute Gasteiger partial charge is 0.379 e. The zero-order valence-corrected chi connectivity index (χ0v) is 15.8. The summed E-state index contributed by atoms with van der Waals surface area (Å²) in [6, 6.07) is 7.09. The van der Waals surface area contributed by atoms with Crippen molar-refractivity contribution in [1.29, 1.82) is 0 Å². The zero-order valence-electron chi connectivity index (χ0n) is 15.0. The second-order valence-electron chi connectivity index (χ2n) is 7.11. The number of hydrogen-bond acceptors (Lipinski definition) is 8. The Hall–Kier alpha value is -2.30. The normalized spacial score (nSPS) is 21.5. The van der Waals surface area contributed by atoms with Crippen LogP contribution in [0.4, 0.5) is 0 Å². The highest BCUT2D eigenvalue weighted by Crippen LogP contribution is 2.34. The van der Waals surface area contributed by atoms with Gasteiger partial charge in [-0.05, 0) is 12.1 Å². The van der Waals surface area contributed by atoms with Gasteiger partial charge in [0.25, 0.3) is 5.89 Å². The van der Waals surface area contributed by atoms with E-state index in [-0.39, 0.29) is 37.1 Å². The molecule has 144 valence electrons. The Morgan fingerprint density at radius 2 is 2.04 bits per heavy atom. The molecule has 4 rings (SSSR count). The summed E-state index contributed by atoms with van der Waals surface area (Å²) in [5.41, 5.74) is -0.604. The number of benzene rings is 1. The van der Waals surface area contributed by atoms with Gasteiger partial charge in [-0.3, -0.25) is 0 Å². The summed E-state index contributed by atoms with van der Waals surface area (Å²) >= 11 is 0. The molecule has 3 heterocycles. The first kappa shape index (κ1) is 18.1. The summed E-state index contributed by atoms with van der Waals surface area (Å²) in [4.78, 5) is 4.22. The Labute approximate surface area is 156 Å². The summed E-state index contributed by atoms with van der Waals surface area (Å²) in [6.07, 6.45) is 0.186. The quantitative estimate of drug-likeness (QED) is 0.697. The predicted octanol–water partition coefficient (Wildman–Crippen LogP) is 1.76. The number of aliphatic hydroxyl groups is 1. The van der Waals surface area contributed by atoms with Gasteiger partial charge in [0.05, 0.1) is 6.54 Å². The average Bonchev–Trinajstić information content (AvgIpc) is 3.34. The van der Waals surface area contributed by atoms with Gasteiger partial charge >= 0.3 is 0 Å². The van der Waals surface area contributed by atoms with E-state index >= 15 is 0 Å². The Kier molecular flexibility index (Phi) is 4.28. The van der Waals surface area contributed by atoms with E-state index in [4.69, 9.17) is 9.05 Å². The summed E-state index contributed by atoms with van der Waals surface area (Å²) in [6.45, 7) is 3.84. The van der Waals surface area contributed by atoms with Crippen molar-refractivity contribution in [1.82, 2.24) is 19.6 Å². The smallest absolute Gasteiger partial charge is 0.260 e. The summed E-state index contributed by atoms with van der Waals surface area (Å²) < 4.78 is 37.3. The number of nitrogens with zero attached hydrogens (tertiary/aromatic N) is 4. The maximum absolute atomic E-state index is 12.8. The lowest BCUT2D eigenvalue weighted by atomic mass is 10.0. The monoisotopic (exact) mass is 392 g/mol. The molecule has 1 atom stereocenters. The van der Waals surface area contributed by atoms with Crippen LogP contribution in [0.2, 0.25) is 0 Å². The third-order valence-electron chi connectivity index (χ3n) is 4.73. The van der Waals surface area contributed by atoms with E-state index in [1.807, 2.05) is 13.8 Å². The topological polar surface area (TPSA) is 123 Å². The van der Waals surface area contributed by atoms with Crippen molar-refractivity contribution < 1.29 is 22.6 Å². The van der Waals surface area contributed by atoms with Crippen molar-refractivity contribution in [3.63, 3.8) is 0 Å². The first-order valence-corrected chi connectivity index (χ1v) is 10.3. The van der Waals surface area contributed by atoms with E-state index in [0.717, 1.165) is 0 Å². The van der Waals surface area contributed by atoms with E-state index < -0.39 is 15.6 Å². The van der Waals surface area contributed by atoms with Crippen molar-refractivity contribution >= 4 is 21.0 Å². The van der Waals surface area contributed by atoms with Gasteiger partial charge in [-0.1, -0.05) is 36.3 Å². The van der Waals surface area contributed by atoms with Crippen LogP contribution in [0, 0.1) is 0 Å². The van der Waals surface area contributed by atoms with Crippen molar-refractivity contribution in [2.75, 3.05) is 13.1 Å². The van der Waals surface area contributed by atoms with E-state index in [9.17, 15) is 13.5 Å². The van der Waals surface area contributed by atoms with E-state index in [1.54, 1.807) is 24.3 Å². The van der Waals surface area contributed by atoms with Gasteiger partial charge in [0.15, 0.2) is 17.0 Å². The van der Waals surface area contributed by atoms with Crippen LogP contribution in [-0.2, 0) is 21.4 Å². The standard InChI is InChI=1S/C17H20N4O5S/c1-11(2)15-18-16(26-20-15)17(22)7-8-21(10-17)27(23,24)9-13-12-5-3-4-6-14(12)25-19-13/h3-6,11,22H,7-10H2,1-2H3/t17-/m1/s1. The molecule has 0 spiro atoms. The SMILES string of the molecule is CC(C)c1noc([C@@]2(O)CCN(S(=O)(=O)Cc3noc4ccccc34)C2)n1. The molecule has 0 radical (unpaired) electrons. The van der Waals surface area contributed by atoms with E-state index in [1.165, 1.54) is 4.31 Å². The highest BCUT2D eigenvalue weighted by molar-refractivity contribution is 7.88. The van der Waals surface area contributed by atoms with Crippen molar-refractivity contribution in [3.05, 3.63) is 41.7 Å². The zero-order chi connectivity index (χ0) is 19.2. The van der Waals surface area contributed by atoms with Crippen LogP contribution in [0.25, 0.3) is 11.0 Å². The maximum atomic E-state index is 12.8. The molecule has 27 heavy (non-hydrogen) atoms. The van der Waals surface area contributed by atoms with Gasteiger partial charge < -0.3 is 14.2 Å². The van der Waals surface area contributed by atoms with Crippen LogP contribution in [0.15, 0.2) is 33.3 Å². The van der Waals surface area contributed by atoms with Crippen LogP contribution in [0.1, 0.15) is 43.6 Å². The molecular weight excluding hydrogens is 372 g/mol. The number of hydrogen-bond donors (Lipinski definition) is 1. The van der Waals surface area contributed by atoms with Crippen molar-refractivity contribution in [3.8, 4) is 0 Å². The number of para-hydroxylation sites is 1. The molecule has 3 aromatic rings. The van der Waals surface area contributed by atoms with Gasteiger partial charge in [0.1, 0.15) is 11.4 Å². The minimum atomic E-state index is -3.70. The Bertz CT molecular complexity index is 1070. The summed E-state index contributed by atoms with van der Waals surface area (Å²) in [5.74, 6) is 0.277. The van der Waals surface area contributed by atoms with Gasteiger partial charge in [-0.15, -0.1) is 0 Å². The summed E-state index contributed by atoms with van der Waals surface area (Å²) in [5, 5.41) is 19.3. The third kappa shape index (κ3) is 3.24. The molecule has 1 aliphatic rings. The van der Waals surface area contributed by atoms with Crippen LogP contribution < -0.4 is 0 Å². The van der Waals surface area contributed by atoms with E-state index in [2.05, 4.69) is 15.3 Å². The van der Waals surface area contributed by atoms with Crippen molar-refractivity contribution in [2.45, 2.75) is 37.5 Å². The van der Waals surface area contributed by atoms with Gasteiger partial charge in [0.2, 0.25) is 10.0 Å². The van der Waals surface area contributed by atoms with Gasteiger partial charge in [-0.2, -0.15) is 9.29 Å². The highest BCUT2D eigenvalue weighted by Gasteiger charge is 2.46. The molecule has 9 nitrogen and oxygen atoms in total. The van der Waals surface area contributed by atoms with Gasteiger partial charge in [0, 0.05) is 24.3 Å². The molecule has 1 aliphatic heterocycles. The minimum absolute atomic E-state index is 0.0489. The molecular formula is C17H20N4O5S. The highest BCUT2D eigenvalue weighted by atomic mass is 32.2. The number of β-amino-alcohol motifs (C(OH)–C–C–N with tert-alkyl or cyclic N) is 1. The molecule has 1 saturated heterocycles. The molecule has 0 bridgehead atoms. The van der Waals surface area contributed by atoms with Gasteiger partial charge in [-0.25, -0.2) is 8.42 Å². The first-order chi connectivity index (χ1) is 12.8. The second-order valence-corrected chi connectivity index (χ2v) is 9.08. The lowest BCUT2D eigenvalue weighted by Gasteiger charge is -2.19. The third-order valence-corrected chi connectivity index (χ3v) is 6.47. The van der Waals surface area contributed by atoms with E-state index in [0.29, 0.717) is 22.5 Å². The molecule has 0 saturated carbocycles. The minimum Gasteiger partial charge on any atom is -0.379 e. The molecule has 0 aliphatic carbocycles. The number of fused-ring (bicyclic) bond motifs is 1. The number of sulfonamides is 1. The Morgan fingerprint density at radius 3 is 2.78 bits per heavy atom. The fourth-order valence-corrected chi connectivity index (χ4v) is 4.65. The fourth-order valence-electron chi connectivity index (χ4n) is 3.14. The Morgan fingerprint density at radius 1 is 1.26 bits per heavy atom. The molecule has 0 unspecified atom stereocenters. The summed E-state index contributed by atoms with van der Waals surface area (Å²) in [7, 11) is -3.70. The molecule has 1 fully saturated rings. The lowest BCUT2D eigenvalue weighted by Crippen LogP contribution is -2.35. The average molecular weight is 392 g/mol. The van der Waals surface area contributed by atoms with Crippen LogP contribution in [0.3, 0.4) is 0 Å². The first-order valence-electron chi connectivity index (χ1n) is 8.66. The van der Waals surface area contributed by atoms with Crippen LogP contribution >= 0.6 is 0 Å².